The van der Waals surface area contributed by atoms with Crippen LogP contribution in [-0.2, 0) is 20.2 Å². The fourth-order valence-electron chi connectivity index (χ4n) is 2.07. The molecule has 2 aromatic rings. The van der Waals surface area contributed by atoms with Crippen LogP contribution in [0.4, 0.5) is 0 Å². The minimum atomic E-state index is 0.423. The Morgan fingerprint density at radius 3 is 2.76 bits per heavy atom. The third-order valence-electron chi connectivity index (χ3n) is 3.19. The molecule has 114 valence electrons. The van der Waals surface area contributed by atoms with Gasteiger partial charge in [0.2, 0.25) is 0 Å². The van der Waals surface area contributed by atoms with Gasteiger partial charge in [-0.3, -0.25) is 0 Å². The van der Waals surface area contributed by atoms with Crippen LogP contribution in [0.3, 0.4) is 0 Å². The van der Waals surface area contributed by atoms with Crippen molar-refractivity contribution < 1.29 is 9.47 Å². The number of aryl methyl sites for hydroxylation is 1. The van der Waals surface area contributed by atoms with Gasteiger partial charge < -0.3 is 19.4 Å². The Hall–Kier alpha value is -2.01. The summed E-state index contributed by atoms with van der Waals surface area (Å²) in [5, 5.41) is 3.32. The molecule has 0 unspecified atom stereocenters. The fraction of sp³-hybridized carbons (Fsp3) is 0.438. The average Bonchev–Trinajstić information content (AvgIpc) is 2.89. The van der Waals surface area contributed by atoms with Crippen molar-refractivity contribution in [2.24, 2.45) is 7.05 Å². The minimum absolute atomic E-state index is 0.423. The molecule has 0 radical (unpaired) electrons. The van der Waals surface area contributed by atoms with Crippen LogP contribution < -0.4 is 14.8 Å². The molecule has 1 heterocycles. The molecule has 0 saturated heterocycles. The normalized spacial score (nSPS) is 10.6. The molecule has 0 spiro atoms. The highest BCUT2D eigenvalue weighted by Crippen LogP contribution is 2.32. The number of imidazole rings is 1. The van der Waals surface area contributed by atoms with Gasteiger partial charge in [-0.25, -0.2) is 4.98 Å². The van der Waals surface area contributed by atoms with Gasteiger partial charge in [0.1, 0.15) is 12.4 Å². The van der Waals surface area contributed by atoms with E-state index in [1.54, 1.807) is 6.20 Å². The summed E-state index contributed by atoms with van der Waals surface area (Å²) in [6.07, 6.45) is 3.68. The Morgan fingerprint density at radius 1 is 1.24 bits per heavy atom. The van der Waals surface area contributed by atoms with Crippen molar-refractivity contribution in [2.75, 3.05) is 13.2 Å². The van der Waals surface area contributed by atoms with E-state index in [1.807, 2.05) is 36.9 Å². The maximum atomic E-state index is 5.99. The van der Waals surface area contributed by atoms with Gasteiger partial charge in [-0.15, -0.1) is 0 Å². The molecule has 0 amide bonds. The zero-order valence-corrected chi connectivity index (χ0v) is 12.9. The lowest BCUT2D eigenvalue weighted by molar-refractivity contribution is 0.257. The molecule has 0 fully saturated rings. The van der Waals surface area contributed by atoms with E-state index in [1.165, 1.54) is 0 Å². The van der Waals surface area contributed by atoms with Crippen molar-refractivity contribution in [2.45, 2.75) is 27.0 Å². The largest absolute Gasteiger partial charge is 0.490 e. The second-order valence-corrected chi connectivity index (χ2v) is 4.70. The molecule has 1 aromatic carbocycles. The van der Waals surface area contributed by atoms with E-state index in [-0.39, 0.29) is 0 Å². The van der Waals surface area contributed by atoms with Gasteiger partial charge in [-0.1, -0.05) is 19.1 Å². The molecule has 0 aliphatic carbocycles. The predicted molar refractivity (Wildman–Crippen MR) is 82.5 cm³/mol. The number of para-hydroxylation sites is 1. The number of rotatable bonds is 8. The first-order chi connectivity index (χ1) is 10.3. The number of nitrogens with one attached hydrogen (secondary N) is 1. The number of hydrogen-bond donors (Lipinski definition) is 1. The molecule has 2 rings (SSSR count). The highest BCUT2D eigenvalue weighted by Gasteiger charge is 2.12. The minimum Gasteiger partial charge on any atom is -0.490 e. The maximum absolute atomic E-state index is 5.99. The zero-order valence-electron chi connectivity index (χ0n) is 12.9. The molecule has 0 saturated carbocycles. The number of benzene rings is 1. The zero-order chi connectivity index (χ0) is 15.1. The standard InChI is InChI=1S/C16H23N3O2/c1-4-17-11-13-7-6-8-14(20-5-2)16(13)21-12-15-18-9-10-19(15)3/h6-10,17H,4-5,11-12H2,1-3H3. The first-order valence-corrected chi connectivity index (χ1v) is 7.30. The molecule has 0 aliphatic rings. The summed E-state index contributed by atoms with van der Waals surface area (Å²) in [4.78, 5) is 4.28. The highest BCUT2D eigenvalue weighted by atomic mass is 16.5. The van der Waals surface area contributed by atoms with Gasteiger partial charge in [-0.05, 0) is 19.5 Å². The van der Waals surface area contributed by atoms with Crippen molar-refractivity contribution in [1.29, 1.82) is 0 Å². The van der Waals surface area contributed by atoms with E-state index in [9.17, 15) is 0 Å². The predicted octanol–water partition coefficient (Wildman–Crippen LogP) is 2.51. The van der Waals surface area contributed by atoms with Crippen LogP contribution in [0.5, 0.6) is 11.5 Å². The first-order valence-electron chi connectivity index (χ1n) is 7.30. The lowest BCUT2D eigenvalue weighted by Gasteiger charge is -2.16. The van der Waals surface area contributed by atoms with Crippen LogP contribution in [0, 0.1) is 0 Å². The molecule has 1 N–H and O–H groups in total. The van der Waals surface area contributed by atoms with Gasteiger partial charge in [0.25, 0.3) is 0 Å². The summed E-state index contributed by atoms with van der Waals surface area (Å²) in [6.45, 7) is 6.77. The fourth-order valence-corrected chi connectivity index (χ4v) is 2.07. The summed E-state index contributed by atoms with van der Waals surface area (Å²) in [6, 6.07) is 5.98. The van der Waals surface area contributed by atoms with Crippen molar-refractivity contribution in [3.8, 4) is 11.5 Å². The van der Waals surface area contributed by atoms with Crippen LogP contribution >= 0.6 is 0 Å². The average molecular weight is 289 g/mol. The first kappa shape index (κ1) is 15.4. The Labute approximate surface area is 125 Å². The maximum Gasteiger partial charge on any atom is 0.166 e. The van der Waals surface area contributed by atoms with E-state index in [4.69, 9.17) is 9.47 Å². The number of nitrogens with zero attached hydrogens (tertiary/aromatic N) is 2. The second kappa shape index (κ2) is 7.69. The van der Waals surface area contributed by atoms with Crippen LogP contribution in [0.15, 0.2) is 30.6 Å². The molecule has 1 aromatic heterocycles. The van der Waals surface area contributed by atoms with Gasteiger partial charge in [-0.2, -0.15) is 0 Å². The van der Waals surface area contributed by atoms with E-state index in [0.717, 1.165) is 36.0 Å². The van der Waals surface area contributed by atoms with Gasteiger partial charge in [0, 0.05) is 31.5 Å². The van der Waals surface area contributed by atoms with E-state index >= 15 is 0 Å². The molecule has 5 heteroatoms. The number of hydrogen-bond acceptors (Lipinski definition) is 4. The number of aromatic nitrogens is 2. The quantitative estimate of drug-likeness (QED) is 0.811. The molecular weight excluding hydrogens is 266 g/mol. The van der Waals surface area contributed by atoms with Crippen LogP contribution in [0.25, 0.3) is 0 Å². The molecule has 0 atom stereocenters. The topological polar surface area (TPSA) is 48.3 Å². The molecular formula is C16H23N3O2. The Balaban J connectivity index is 2.18. The Bertz CT molecular complexity index is 566. The van der Waals surface area contributed by atoms with Crippen molar-refractivity contribution in [3.05, 3.63) is 42.0 Å². The van der Waals surface area contributed by atoms with Crippen molar-refractivity contribution >= 4 is 0 Å². The van der Waals surface area contributed by atoms with Crippen LogP contribution in [0.1, 0.15) is 25.2 Å². The smallest absolute Gasteiger partial charge is 0.166 e. The van der Waals surface area contributed by atoms with Gasteiger partial charge in [0.15, 0.2) is 11.5 Å². The van der Waals surface area contributed by atoms with Gasteiger partial charge in [0.05, 0.1) is 6.61 Å². The molecule has 0 aliphatic heterocycles. The second-order valence-electron chi connectivity index (χ2n) is 4.70. The Kier molecular flexibility index (Phi) is 5.63. The van der Waals surface area contributed by atoms with E-state index in [2.05, 4.69) is 23.3 Å². The third-order valence-corrected chi connectivity index (χ3v) is 3.19. The SMILES string of the molecule is CCNCc1cccc(OCC)c1OCc1nccn1C. The third kappa shape index (κ3) is 3.98. The summed E-state index contributed by atoms with van der Waals surface area (Å²) in [5.41, 5.74) is 1.09. The van der Waals surface area contributed by atoms with Crippen molar-refractivity contribution in [1.82, 2.24) is 14.9 Å². The summed E-state index contributed by atoms with van der Waals surface area (Å²) >= 11 is 0. The van der Waals surface area contributed by atoms with Gasteiger partial charge >= 0.3 is 0 Å². The van der Waals surface area contributed by atoms with E-state index < -0.39 is 0 Å². The monoisotopic (exact) mass is 289 g/mol. The lowest BCUT2D eigenvalue weighted by Crippen LogP contribution is -2.14. The van der Waals surface area contributed by atoms with Crippen LogP contribution in [-0.4, -0.2) is 22.7 Å². The van der Waals surface area contributed by atoms with Crippen LogP contribution in [0.2, 0.25) is 0 Å². The summed E-state index contributed by atoms with van der Waals surface area (Å²) in [5.74, 6) is 2.46. The van der Waals surface area contributed by atoms with Crippen molar-refractivity contribution in [3.63, 3.8) is 0 Å². The molecule has 0 bridgehead atoms. The summed E-state index contributed by atoms with van der Waals surface area (Å²) < 4.78 is 13.6. The number of ether oxygens (including phenoxy) is 2. The molecule has 21 heavy (non-hydrogen) atoms. The Morgan fingerprint density at radius 2 is 2.10 bits per heavy atom. The lowest BCUT2D eigenvalue weighted by atomic mass is 10.2. The summed E-state index contributed by atoms with van der Waals surface area (Å²) in [7, 11) is 1.96. The highest BCUT2D eigenvalue weighted by molar-refractivity contribution is 5.46. The van der Waals surface area contributed by atoms with E-state index in [0.29, 0.717) is 13.2 Å². The molecule has 5 nitrogen and oxygen atoms in total.